The molecule has 138 valence electrons. The molecule has 24 heavy (non-hydrogen) atoms. The lowest BCUT2D eigenvalue weighted by Crippen LogP contribution is -2.08. The van der Waals surface area contributed by atoms with E-state index in [1.165, 1.54) is 0 Å². The second-order valence-corrected chi connectivity index (χ2v) is 5.25. The van der Waals surface area contributed by atoms with Crippen LogP contribution in [0, 0.1) is 0 Å². The van der Waals surface area contributed by atoms with Crippen LogP contribution >= 0.6 is 0 Å². The van der Waals surface area contributed by atoms with Gasteiger partial charge in [-0.05, 0) is 49.9 Å². The molecule has 1 aromatic carbocycles. The Morgan fingerprint density at radius 1 is 0.542 bits per heavy atom. The van der Waals surface area contributed by atoms with E-state index in [0.29, 0.717) is 39.6 Å². The van der Waals surface area contributed by atoms with E-state index in [0.717, 1.165) is 37.2 Å². The van der Waals surface area contributed by atoms with Gasteiger partial charge in [-0.25, -0.2) is 0 Å². The summed E-state index contributed by atoms with van der Waals surface area (Å²) in [5.74, 6) is 1.56. The van der Waals surface area contributed by atoms with E-state index in [1.54, 1.807) is 0 Å². The molecule has 6 heteroatoms. The predicted octanol–water partition coefficient (Wildman–Crippen LogP) is 2.02. The van der Waals surface area contributed by atoms with Gasteiger partial charge >= 0.3 is 0 Å². The summed E-state index contributed by atoms with van der Waals surface area (Å²) >= 11 is 0. The third kappa shape index (κ3) is 11.2. The minimum absolute atomic E-state index is 0.212. The average Bonchev–Trinajstić information content (AvgIpc) is 2.61. The molecule has 0 aliphatic rings. The lowest BCUT2D eigenvalue weighted by atomic mass is 10.3. The monoisotopic (exact) mass is 342 g/mol. The maximum atomic E-state index is 8.65. The molecule has 0 amide bonds. The molecule has 0 bridgehead atoms. The molecule has 0 aliphatic heterocycles. The molecule has 0 saturated heterocycles. The van der Waals surface area contributed by atoms with Crippen molar-refractivity contribution in [1.29, 1.82) is 0 Å². The quantitative estimate of drug-likeness (QED) is 0.448. The summed E-state index contributed by atoms with van der Waals surface area (Å²) in [6, 6.07) is 7.46. The van der Waals surface area contributed by atoms with Crippen molar-refractivity contribution in [2.75, 3.05) is 52.9 Å². The second kappa shape index (κ2) is 15.2. The van der Waals surface area contributed by atoms with Crippen LogP contribution in [0.15, 0.2) is 24.3 Å². The Bertz CT molecular complexity index is 345. The number of aliphatic hydroxyl groups excluding tert-OH is 2. The fourth-order valence-corrected chi connectivity index (χ4v) is 1.90. The van der Waals surface area contributed by atoms with Gasteiger partial charge in [-0.1, -0.05) is 0 Å². The zero-order valence-electron chi connectivity index (χ0n) is 14.3. The molecule has 0 radical (unpaired) electrons. The first-order chi connectivity index (χ1) is 11.9. The van der Waals surface area contributed by atoms with Crippen molar-refractivity contribution in [3.05, 3.63) is 24.3 Å². The van der Waals surface area contributed by atoms with E-state index in [2.05, 4.69) is 0 Å². The van der Waals surface area contributed by atoms with Crippen molar-refractivity contribution in [2.45, 2.75) is 25.7 Å². The van der Waals surface area contributed by atoms with E-state index in [1.807, 2.05) is 24.3 Å². The molecule has 0 aromatic heterocycles. The van der Waals surface area contributed by atoms with Crippen LogP contribution in [-0.2, 0) is 9.47 Å². The van der Waals surface area contributed by atoms with Gasteiger partial charge in [-0.15, -0.1) is 0 Å². The number of benzene rings is 1. The molecule has 0 spiro atoms. The molecule has 1 aromatic rings. The molecule has 0 fully saturated rings. The van der Waals surface area contributed by atoms with E-state index in [9.17, 15) is 0 Å². The van der Waals surface area contributed by atoms with Crippen LogP contribution in [0.1, 0.15) is 25.7 Å². The zero-order valence-corrected chi connectivity index (χ0v) is 14.3. The topological polar surface area (TPSA) is 77.4 Å². The van der Waals surface area contributed by atoms with Crippen LogP contribution in [0.2, 0.25) is 0 Å². The van der Waals surface area contributed by atoms with Gasteiger partial charge in [-0.3, -0.25) is 0 Å². The van der Waals surface area contributed by atoms with Crippen molar-refractivity contribution < 1.29 is 29.2 Å². The highest BCUT2D eigenvalue weighted by Crippen LogP contribution is 2.17. The number of ether oxygens (including phenoxy) is 4. The van der Waals surface area contributed by atoms with Crippen LogP contribution in [-0.4, -0.2) is 63.1 Å². The molecular weight excluding hydrogens is 312 g/mol. The van der Waals surface area contributed by atoms with E-state index >= 15 is 0 Å². The SMILES string of the molecule is OCCCCOCCOc1ccc(OCCOCCCCO)cc1. The Hall–Kier alpha value is -1.34. The fourth-order valence-electron chi connectivity index (χ4n) is 1.90. The first-order valence-corrected chi connectivity index (χ1v) is 8.59. The lowest BCUT2D eigenvalue weighted by molar-refractivity contribution is 0.0933. The Labute approximate surface area is 144 Å². The number of rotatable bonds is 16. The number of hydrogen-bond donors (Lipinski definition) is 2. The van der Waals surface area contributed by atoms with Crippen molar-refractivity contribution in [3.8, 4) is 11.5 Å². The van der Waals surface area contributed by atoms with Gasteiger partial charge in [0.05, 0.1) is 13.2 Å². The summed E-state index contributed by atoms with van der Waals surface area (Å²) in [7, 11) is 0. The second-order valence-electron chi connectivity index (χ2n) is 5.25. The van der Waals surface area contributed by atoms with E-state index in [-0.39, 0.29) is 13.2 Å². The third-order valence-electron chi connectivity index (χ3n) is 3.21. The van der Waals surface area contributed by atoms with Gasteiger partial charge in [0.2, 0.25) is 0 Å². The maximum Gasteiger partial charge on any atom is 0.119 e. The highest BCUT2D eigenvalue weighted by atomic mass is 16.5. The minimum atomic E-state index is 0.212. The fraction of sp³-hybridized carbons (Fsp3) is 0.667. The summed E-state index contributed by atoms with van der Waals surface area (Å²) in [5, 5.41) is 17.3. The Morgan fingerprint density at radius 3 is 1.33 bits per heavy atom. The van der Waals surface area contributed by atoms with Gasteiger partial charge in [0.25, 0.3) is 0 Å². The standard InChI is InChI=1S/C18H30O6/c19-9-1-3-11-21-13-15-23-17-5-7-18(8-6-17)24-16-14-22-12-4-2-10-20/h5-8,19-20H,1-4,9-16H2. The van der Waals surface area contributed by atoms with Gasteiger partial charge in [0.1, 0.15) is 24.7 Å². The van der Waals surface area contributed by atoms with Crippen molar-refractivity contribution in [3.63, 3.8) is 0 Å². The van der Waals surface area contributed by atoms with Gasteiger partial charge in [0.15, 0.2) is 0 Å². The molecule has 0 unspecified atom stereocenters. The summed E-state index contributed by atoms with van der Waals surface area (Å²) in [6.45, 7) is 3.81. The molecule has 6 nitrogen and oxygen atoms in total. The van der Waals surface area contributed by atoms with Crippen LogP contribution in [0.3, 0.4) is 0 Å². The van der Waals surface area contributed by atoms with E-state index < -0.39 is 0 Å². The van der Waals surface area contributed by atoms with Crippen LogP contribution in [0.4, 0.5) is 0 Å². The lowest BCUT2D eigenvalue weighted by Gasteiger charge is -2.09. The molecule has 0 atom stereocenters. The Morgan fingerprint density at radius 2 is 0.958 bits per heavy atom. The summed E-state index contributed by atoms with van der Waals surface area (Å²) in [6.07, 6.45) is 3.29. The Balaban J connectivity index is 2.02. The molecular formula is C18H30O6. The van der Waals surface area contributed by atoms with Crippen molar-refractivity contribution in [1.82, 2.24) is 0 Å². The highest BCUT2D eigenvalue weighted by Gasteiger charge is 1.98. The average molecular weight is 342 g/mol. The zero-order chi connectivity index (χ0) is 17.3. The Kier molecular flexibility index (Phi) is 13.1. The van der Waals surface area contributed by atoms with Crippen LogP contribution < -0.4 is 9.47 Å². The normalized spacial score (nSPS) is 10.8. The van der Waals surface area contributed by atoms with Crippen LogP contribution in [0.5, 0.6) is 11.5 Å². The molecule has 0 saturated carbocycles. The first-order valence-electron chi connectivity index (χ1n) is 8.59. The maximum absolute atomic E-state index is 8.65. The molecule has 2 N–H and O–H groups in total. The minimum Gasteiger partial charge on any atom is -0.491 e. The van der Waals surface area contributed by atoms with Gasteiger partial charge < -0.3 is 29.2 Å². The van der Waals surface area contributed by atoms with Crippen molar-refractivity contribution in [2.24, 2.45) is 0 Å². The molecule has 0 aliphatic carbocycles. The first kappa shape index (κ1) is 20.7. The van der Waals surface area contributed by atoms with Crippen molar-refractivity contribution >= 4 is 0 Å². The summed E-state index contributed by atoms with van der Waals surface area (Å²) in [5.41, 5.74) is 0. The molecule has 1 rings (SSSR count). The number of hydrogen-bond acceptors (Lipinski definition) is 6. The predicted molar refractivity (Wildman–Crippen MR) is 91.7 cm³/mol. The highest BCUT2D eigenvalue weighted by molar-refractivity contribution is 5.31. The van der Waals surface area contributed by atoms with Gasteiger partial charge in [0, 0.05) is 26.4 Å². The van der Waals surface area contributed by atoms with E-state index in [4.69, 9.17) is 29.2 Å². The van der Waals surface area contributed by atoms with Gasteiger partial charge in [-0.2, -0.15) is 0 Å². The molecule has 0 heterocycles. The summed E-state index contributed by atoms with van der Waals surface area (Å²) in [4.78, 5) is 0. The number of aliphatic hydroxyl groups is 2. The number of unbranched alkanes of at least 4 members (excludes halogenated alkanes) is 2. The third-order valence-corrected chi connectivity index (χ3v) is 3.21. The largest absolute Gasteiger partial charge is 0.491 e. The smallest absolute Gasteiger partial charge is 0.119 e. The summed E-state index contributed by atoms with van der Waals surface area (Å²) < 4.78 is 21.9. The van der Waals surface area contributed by atoms with Crippen LogP contribution in [0.25, 0.3) is 0 Å².